The monoisotopic (exact) mass is 454 g/mol. The number of hydrogen-bond acceptors (Lipinski definition) is 6. The van der Waals surface area contributed by atoms with Crippen molar-refractivity contribution in [3.8, 4) is 11.4 Å². The predicted octanol–water partition coefficient (Wildman–Crippen LogP) is 3.88. The molecule has 9 heteroatoms. The summed E-state index contributed by atoms with van der Waals surface area (Å²) in [5.74, 6) is 0.494. The largest absolute Gasteiger partial charge is 0.497 e. The normalized spacial score (nSPS) is 10.9. The van der Waals surface area contributed by atoms with Gasteiger partial charge in [0.05, 0.1) is 28.2 Å². The number of ether oxygens (including phenoxy) is 1. The van der Waals surface area contributed by atoms with Crippen molar-refractivity contribution in [3.05, 3.63) is 63.3 Å². The number of carbonyl (C=O) groups excluding carboxylic acids is 2. The number of aromatic nitrogens is 2. The van der Waals surface area contributed by atoms with Crippen molar-refractivity contribution in [2.45, 2.75) is 13.3 Å². The molecule has 3 aromatic heterocycles. The third-order valence-corrected chi connectivity index (χ3v) is 6.73. The van der Waals surface area contributed by atoms with Crippen molar-refractivity contribution in [1.82, 2.24) is 20.4 Å². The third-order valence-electron chi connectivity index (χ3n) is 4.75. The van der Waals surface area contributed by atoms with Crippen LogP contribution in [0, 0.1) is 0 Å². The highest BCUT2D eigenvalue weighted by atomic mass is 32.1. The molecule has 0 aliphatic carbocycles. The van der Waals surface area contributed by atoms with E-state index in [0.717, 1.165) is 33.8 Å². The molecule has 0 fully saturated rings. The van der Waals surface area contributed by atoms with E-state index in [9.17, 15) is 9.59 Å². The fourth-order valence-corrected chi connectivity index (χ4v) is 4.88. The Bertz CT molecular complexity index is 1190. The molecule has 0 saturated heterocycles. The molecule has 7 nitrogen and oxygen atoms in total. The second-order valence-electron chi connectivity index (χ2n) is 6.73. The van der Waals surface area contributed by atoms with Crippen molar-refractivity contribution >= 4 is 44.7 Å². The number of aryl methyl sites for hydroxylation is 1. The lowest BCUT2D eigenvalue weighted by Crippen LogP contribution is -2.34. The summed E-state index contributed by atoms with van der Waals surface area (Å²) in [5.41, 5.74) is 1.86. The maximum Gasteiger partial charge on any atom is 0.261 e. The maximum absolute atomic E-state index is 12.7. The van der Waals surface area contributed by atoms with Crippen LogP contribution in [-0.2, 0) is 6.42 Å². The number of hydrogen-bond donors (Lipinski definition) is 2. The number of methoxy groups -OCH3 is 1. The molecule has 2 amide bonds. The molecule has 0 spiro atoms. The van der Waals surface area contributed by atoms with Crippen molar-refractivity contribution in [1.29, 1.82) is 0 Å². The number of nitrogens with one attached hydrogen (secondary N) is 2. The molecule has 0 aliphatic rings. The molecule has 0 saturated carbocycles. The van der Waals surface area contributed by atoms with E-state index in [-0.39, 0.29) is 11.8 Å². The Kier molecular flexibility index (Phi) is 6.34. The molecule has 1 aromatic carbocycles. The Labute approximate surface area is 187 Å². The van der Waals surface area contributed by atoms with Gasteiger partial charge in [-0.3, -0.25) is 9.59 Å². The summed E-state index contributed by atoms with van der Waals surface area (Å²) in [6, 6.07) is 13.2. The summed E-state index contributed by atoms with van der Waals surface area (Å²) < 4.78 is 7.10. The van der Waals surface area contributed by atoms with Gasteiger partial charge in [-0.05, 0) is 48.2 Å². The predicted molar refractivity (Wildman–Crippen MR) is 124 cm³/mol. The van der Waals surface area contributed by atoms with Crippen LogP contribution in [0.2, 0.25) is 0 Å². The van der Waals surface area contributed by atoms with Gasteiger partial charge < -0.3 is 15.4 Å². The minimum Gasteiger partial charge on any atom is -0.497 e. The Hall–Kier alpha value is -3.17. The van der Waals surface area contributed by atoms with E-state index in [1.54, 1.807) is 13.2 Å². The van der Waals surface area contributed by atoms with E-state index in [1.165, 1.54) is 22.7 Å². The van der Waals surface area contributed by atoms with E-state index in [0.29, 0.717) is 22.8 Å². The number of fused-ring (bicyclic) bond motifs is 1. The van der Waals surface area contributed by atoms with Gasteiger partial charge in [-0.2, -0.15) is 5.10 Å². The van der Waals surface area contributed by atoms with E-state index >= 15 is 0 Å². The zero-order valence-corrected chi connectivity index (χ0v) is 18.8. The van der Waals surface area contributed by atoms with Gasteiger partial charge in [-0.1, -0.05) is 13.0 Å². The van der Waals surface area contributed by atoms with E-state index in [1.807, 2.05) is 53.4 Å². The maximum atomic E-state index is 12.7. The molecule has 0 radical (unpaired) electrons. The van der Waals surface area contributed by atoms with Crippen LogP contribution in [0.15, 0.2) is 47.8 Å². The van der Waals surface area contributed by atoms with Crippen LogP contribution < -0.4 is 15.4 Å². The molecule has 31 heavy (non-hydrogen) atoms. The first-order valence-corrected chi connectivity index (χ1v) is 11.6. The summed E-state index contributed by atoms with van der Waals surface area (Å²) >= 11 is 2.79. The average molecular weight is 455 g/mol. The number of thiophene rings is 2. The lowest BCUT2D eigenvalue weighted by Gasteiger charge is -2.06. The van der Waals surface area contributed by atoms with Gasteiger partial charge in [-0.15, -0.1) is 22.7 Å². The van der Waals surface area contributed by atoms with Crippen LogP contribution in [-0.4, -0.2) is 41.8 Å². The van der Waals surface area contributed by atoms with Gasteiger partial charge in [-0.25, -0.2) is 4.68 Å². The van der Waals surface area contributed by atoms with Gasteiger partial charge in [0.15, 0.2) is 0 Å². The van der Waals surface area contributed by atoms with E-state index in [2.05, 4.69) is 10.6 Å². The third kappa shape index (κ3) is 4.47. The fourth-order valence-electron chi connectivity index (χ4n) is 3.17. The SMILES string of the molecule is CCc1nn(-c2ccc(OC)cc2)c2sc(C(=O)NCCNC(=O)c3cccs3)cc12. The topological polar surface area (TPSA) is 85.2 Å². The minimum absolute atomic E-state index is 0.127. The lowest BCUT2D eigenvalue weighted by molar-refractivity contribution is 0.0932. The Balaban J connectivity index is 1.45. The fraction of sp³-hybridized carbons (Fsp3) is 0.227. The van der Waals surface area contributed by atoms with Crippen LogP contribution in [0.1, 0.15) is 32.0 Å². The Morgan fingerprint density at radius 1 is 1.06 bits per heavy atom. The lowest BCUT2D eigenvalue weighted by atomic mass is 10.2. The summed E-state index contributed by atoms with van der Waals surface area (Å²) in [6.07, 6.45) is 0.770. The van der Waals surface area contributed by atoms with Gasteiger partial charge in [0.1, 0.15) is 10.6 Å². The zero-order valence-electron chi connectivity index (χ0n) is 17.2. The number of rotatable bonds is 8. The Morgan fingerprint density at radius 2 is 1.77 bits per heavy atom. The molecule has 0 bridgehead atoms. The van der Waals surface area contributed by atoms with Crippen LogP contribution in [0.25, 0.3) is 15.9 Å². The molecule has 0 aliphatic heterocycles. The van der Waals surface area contributed by atoms with Gasteiger partial charge in [0.2, 0.25) is 0 Å². The Morgan fingerprint density at radius 3 is 2.39 bits per heavy atom. The van der Waals surface area contributed by atoms with E-state index in [4.69, 9.17) is 9.84 Å². The van der Waals surface area contributed by atoms with Gasteiger partial charge in [0.25, 0.3) is 11.8 Å². The number of nitrogens with zero attached hydrogens (tertiary/aromatic N) is 2. The number of amides is 2. The molecular formula is C22H22N4O3S2. The molecule has 0 unspecified atom stereocenters. The first-order chi connectivity index (χ1) is 15.1. The highest BCUT2D eigenvalue weighted by molar-refractivity contribution is 7.20. The molecule has 0 atom stereocenters. The van der Waals surface area contributed by atoms with Crippen molar-refractivity contribution in [2.75, 3.05) is 20.2 Å². The molecular weight excluding hydrogens is 432 g/mol. The zero-order chi connectivity index (χ0) is 21.8. The minimum atomic E-state index is -0.157. The molecule has 3 heterocycles. The molecule has 2 N–H and O–H groups in total. The summed E-state index contributed by atoms with van der Waals surface area (Å²) in [6.45, 7) is 2.77. The first-order valence-electron chi connectivity index (χ1n) is 9.86. The van der Waals surface area contributed by atoms with E-state index < -0.39 is 0 Å². The smallest absolute Gasteiger partial charge is 0.261 e. The first kappa shape index (κ1) is 21.1. The second-order valence-corrected chi connectivity index (χ2v) is 8.71. The van der Waals surface area contributed by atoms with Gasteiger partial charge in [0, 0.05) is 18.5 Å². The summed E-state index contributed by atoms with van der Waals surface area (Å²) in [4.78, 5) is 26.8. The average Bonchev–Trinajstić information content (AvgIpc) is 3.53. The molecule has 4 rings (SSSR count). The van der Waals surface area contributed by atoms with Gasteiger partial charge >= 0.3 is 0 Å². The number of carbonyl (C=O) groups is 2. The highest BCUT2D eigenvalue weighted by Gasteiger charge is 2.18. The van der Waals surface area contributed by atoms with Crippen LogP contribution in [0.4, 0.5) is 0 Å². The van der Waals surface area contributed by atoms with Crippen molar-refractivity contribution in [2.24, 2.45) is 0 Å². The molecule has 160 valence electrons. The highest BCUT2D eigenvalue weighted by Crippen LogP contribution is 2.31. The summed E-state index contributed by atoms with van der Waals surface area (Å²) in [5, 5.41) is 13.2. The number of benzene rings is 1. The second kappa shape index (κ2) is 9.32. The summed E-state index contributed by atoms with van der Waals surface area (Å²) in [7, 11) is 1.63. The van der Waals surface area contributed by atoms with Crippen LogP contribution >= 0.6 is 22.7 Å². The van der Waals surface area contributed by atoms with Crippen LogP contribution in [0.5, 0.6) is 5.75 Å². The van der Waals surface area contributed by atoms with Crippen molar-refractivity contribution in [3.63, 3.8) is 0 Å². The van der Waals surface area contributed by atoms with Crippen LogP contribution in [0.3, 0.4) is 0 Å². The standard InChI is InChI=1S/C22H22N4O3S2/c1-3-17-16-13-19(21(28)24-11-10-23-20(27)18-5-4-12-30-18)31-22(16)26(25-17)14-6-8-15(29-2)9-7-14/h4-9,12-13H,3,10-11H2,1-2H3,(H,23,27)(H,24,28). The molecule has 4 aromatic rings. The quantitative estimate of drug-likeness (QED) is 0.396. The van der Waals surface area contributed by atoms with Crippen molar-refractivity contribution < 1.29 is 14.3 Å².